The maximum Gasteiger partial charge on any atom is -0.0134 e. The van der Waals surface area contributed by atoms with E-state index in [9.17, 15) is 25.2 Å². The summed E-state index contributed by atoms with van der Waals surface area (Å²) in [4.78, 5) is 5.25. The fraction of sp³-hybridized carbons (Fsp3) is 0.0968. The van der Waals surface area contributed by atoms with Gasteiger partial charge in [0.1, 0.15) is 0 Å². The van der Waals surface area contributed by atoms with E-state index in [0.29, 0.717) is 5.95 Å². The third kappa shape index (κ3) is 18.9. The van der Waals surface area contributed by atoms with E-state index in [4.69, 9.17) is 4.65 Å². The van der Waals surface area contributed by atoms with Crippen molar-refractivity contribution in [2.24, 2.45) is 17.3 Å². The fourth-order valence-corrected chi connectivity index (χ4v) is 6.60. The minimum absolute atomic E-state index is 0.446. The number of aromatic nitrogens is 2. The van der Waals surface area contributed by atoms with Crippen molar-refractivity contribution in [2.45, 2.75) is 11.8 Å². The van der Waals surface area contributed by atoms with Crippen LogP contribution in [0.5, 0.6) is 0 Å². The second-order valence-electron chi connectivity index (χ2n) is 8.74. The topological polar surface area (TPSA) is 62.4 Å². The zero-order valence-corrected chi connectivity index (χ0v) is 29.9. The molecule has 0 aliphatic rings. The van der Waals surface area contributed by atoms with E-state index in [-0.39, 0.29) is 0 Å². The molecule has 0 bridgehead atoms. The Balaban J connectivity index is 0.000000363. The molecule has 0 atom stereocenters. The van der Waals surface area contributed by atoms with Gasteiger partial charge in [-0.3, -0.25) is 0 Å². The first-order valence-electron chi connectivity index (χ1n) is 13.2. The number of halogens is 7. The van der Waals surface area contributed by atoms with E-state index in [1.165, 1.54) is 15.9 Å². The fourth-order valence-electron chi connectivity index (χ4n) is 3.55. The van der Waals surface area contributed by atoms with Crippen LogP contribution in [0.25, 0.3) is 0 Å². The molecule has 0 aliphatic carbocycles. The number of imidazole rings is 1. The molecular formula is C31H29ClF6N4OP2RuS. The normalized spacial score (nSPS) is 11.9. The Morgan fingerprint density at radius 3 is 1.49 bits per heavy atom. The molecule has 0 aliphatic heterocycles. The van der Waals surface area contributed by atoms with Crippen molar-refractivity contribution in [3.8, 4) is 0 Å². The Morgan fingerprint density at radius 2 is 1.13 bits per heavy atom. The number of thioether (sulfide) groups is 1. The van der Waals surface area contributed by atoms with E-state index in [2.05, 4.69) is 136 Å². The third-order valence-corrected chi connectivity index (χ3v) is 8.64. The number of azo groups is 1. The predicted octanol–water partition coefficient (Wildman–Crippen LogP) is 11.4. The monoisotopic (exact) mass is 818 g/mol. The first-order chi connectivity index (χ1) is 22.2. The molecule has 0 unspecified atom stereocenters. The summed E-state index contributed by atoms with van der Waals surface area (Å²) in [5.74, 6) is 1.64. The van der Waals surface area contributed by atoms with Crippen LogP contribution in [-0.4, -0.2) is 15.3 Å². The Bertz CT molecular complexity index is 1550. The number of rotatable bonds is 7. The Labute approximate surface area is 289 Å². The van der Waals surface area contributed by atoms with Crippen LogP contribution in [-0.2, 0) is 29.0 Å². The molecule has 4 aromatic carbocycles. The molecule has 252 valence electrons. The van der Waals surface area contributed by atoms with Crippen LogP contribution in [0.3, 0.4) is 0 Å². The van der Waals surface area contributed by atoms with Crippen molar-refractivity contribution < 1.29 is 47.1 Å². The zero-order chi connectivity index (χ0) is 35.4. The maximum absolute atomic E-state index is 10.7. The van der Waals surface area contributed by atoms with E-state index in [1.807, 2.05) is 53.3 Å². The average molecular weight is 818 g/mol. The summed E-state index contributed by atoms with van der Waals surface area (Å²) in [5.41, 5.74) is 0.891. The minimum atomic E-state index is -10.7. The van der Waals surface area contributed by atoms with Crippen LogP contribution in [0.4, 0.5) is 36.8 Å². The standard InChI is InChI=1S/C18H15P.C12H14N4S.CO.ClH.F6P.Ru/c1-4-10-16(11-5-1)19(17-12-6-2-7-13-17)18-14-8-3-9-15-18;1-3-17-11-7-5-4-6-10(11)14-15-12-13-8-9-16(12)2;1-2;;1-7(2,3,4,5)6;/h1-15H;4-9H,3H2,1-2H3;;1H;;/q;;;;-1;+2/p-1. The number of nitrogens with zero attached hydrogens (tertiary/aromatic N) is 4. The maximum atomic E-state index is 9.87. The minimum Gasteiger partial charge on any atom is -0.0622 e. The molecule has 5 nitrogen and oxygen atoms in total. The van der Waals surface area contributed by atoms with Crippen LogP contribution in [0.1, 0.15) is 6.92 Å². The SMILES string of the molecule is CCSc1ccccc1N=Nc1nccn1C.F[P-](F)(F)(F)(F)F.[C-]#[O+].[Cl][Ru+].c1ccc(P(c2ccccc2)c2ccccc2)cc1. The first kappa shape index (κ1) is 42.2. The summed E-state index contributed by atoms with van der Waals surface area (Å²) < 4.78 is 68.5. The molecule has 5 rings (SSSR count). The average Bonchev–Trinajstić information content (AvgIpc) is 3.47. The van der Waals surface area contributed by atoms with Gasteiger partial charge in [-0.2, -0.15) is 0 Å². The summed E-state index contributed by atoms with van der Waals surface area (Å²) in [6.45, 7) is 6.62. The van der Waals surface area contributed by atoms with Gasteiger partial charge >= 0.3 is 71.3 Å². The Hall–Kier alpha value is -2.87. The molecule has 0 N–H and O–H groups in total. The number of aryl methyl sites for hydroxylation is 1. The van der Waals surface area contributed by atoms with E-state index >= 15 is 0 Å². The summed E-state index contributed by atoms with van der Waals surface area (Å²) >= 11 is 3.58. The van der Waals surface area contributed by atoms with E-state index in [1.54, 1.807) is 18.0 Å². The molecule has 1 aromatic heterocycles. The van der Waals surface area contributed by atoms with Gasteiger partial charge in [-0.25, -0.2) is 4.98 Å². The molecule has 0 saturated carbocycles. The van der Waals surface area contributed by atoms with Gasteiger partial charge in [0, 0.05) is 24.3 Å². The summed E-state index contributed by atoms with van der Waals surface area (Å²) in [5, 5.41) is 12.6. The Morgan fingerprint density at radius 1 is 0.745 bits per heavy atom. The van der Waals surface area contributed by atoms with Gasteiger partial charge in [0.05, 0.1) is 5.69 Å². The molecule has 1 heterocycles. The van der Waals surface area contributed by atoms with Gasteiger partial charge < -0.3 is 4.57 Å². The van der Waals surface area contributed by atoms with E-state index < -0.39 is 15.7 Å². The van der Waals surface area contributed by atoms with Gasteiger partial charge in [-0.1, -0.05) is 110 Å². The van der Waals surface area contributed by atoms with Crippen LogP contribution < -0.4 is 15.9 Å². The van der Waals surface area contributed by atoms with Gasteiger partial charge in [-0.05, 0) is 41.7 Å². The molecule has 0 fully saturated rings. The molecule has 5 aromatic rings. The van der Waals surface area contributed by atoms with E-state index in [0.717, 1.165) is 16.3 Å². The molecule has 0 radical (unpaired) electrons. The molecular weight excluding hydrogens is 789 g/mol. The number of hydrogen-bond donors (Lipinski definition) is 0. The van der Waals surface area contributed by atoms with Gasteiger partial charge in [-0.15, -0.1) is 22.0 Å². The van der Waals surface area contributed by atoms with Crippen LogP contribution in [0.15, 0.2) is 143 Å². The largest absolute Gasteiger partial charge is 0.0622 e. The second-order valence-corrected chi connectivity index (χ2v) is 14.2. The van der Waals surface area contributed by atoms with Crippen LogP contribution in [0.2, 0.25) is 0 Å². The molecule has 0 spiro atoms. The Kier molecular flexibility index (Phi) is 17.8. The van der Waals surface area contributed by atoms with Gasteiger partial charge in [0.2, 0.25) is 5.95 Å². The van der Waals surface area contributed by atoms with Crippen molar-refractivity contribution in [1.29, 1.82) is 0 Å². The summed E-state index contributed by atoms with van der Waals surface area (Å²) in [6, 6.07) is 40.3. The predicted molar refractivity (Wildman–Crippen MR) is 179 cm³/mol. The van der Waals surface area contributed by atoms with Crippen LogP contribution in [0, 0.1) is 6.65 Å². The molecule has 0 saturated heterocycles. The smallest absolute Gasteiger partial charge is 0.0134 e. The number of benzene rings is 4. The van der Waals surface area contributed by atoms with Gasteiger partial charge in [0.25, 0.3) is 0 Å². The quantitative estimate of drug-likeness (QED) is 0.0312. The third-order valence-electron chi connectivity index (χ3n) is 5.25. The summed E-state index contributed by atoms with van der Waals surface area (Å²) in [6.07, 6.45) is 3.56. The van der Waals surface area contributed by atoms with Crippen LogP contribution >= 0.6 is 37.2 Å². The van der Waals surface area contributed by atoms with Crippen molar-refractivity contribution in [3.63, 3.8) is 0 Å². The molecule has 0 amide bonds. The second kappa shape index (κ2) is 19.8. The molecule has 47 heavy (non-hydrogen) atoms. The molecule has 16 heteroatoms. The zero-order valence-electron chi connectivity index (χ0n) is 24.8. The summed E-state index contributed by atoms with van der Waals surface area (Å²) in [7, 11) is -4.64. The van der Waals surface area contributed by atoms with Crippen molar-refractivity contribution >= 4 is 64.7 Å². The van der Waals surface area contributed by atoms with Gasteiger partial charge in [0.15, 0.2) is 0 Å². The first-order valence-corrected chi connectivity index (χ1v) is 19.8. The number of hydrogen-bond acceptors (Lipinski definition) is 4. The van der Waals surface area contributed by atoms with Crippen molar-refractivity contribution in [3.05, 3.63) is 134 Å². The van der Waals surface area contributed by atoms with Crippen molar-refractivity contribution in [2.75, 3.05) is 5.75 Å². The van der Waals surface area contributed by atoms with Crippen molar-refractivity contribution in [1.82, 2.24) is 9.55 Å².